The van der Waals surface area contributed by atoms with Crippen molar-refractivity contribution in [2.75, 3.05) is 6.61 Å². The minimum Gasteiger partial charge on any atom is -0.466 e. The van der Waals surface area contributed by atoms with Gasteiger partial charge in [0.25, 0.3) is 0 Å². The molecule has 0 aliphatic rings. The molecular weight excluding hydrogens is 176 g/mol. The zero-order chi connectivity index (χ0) is 10.4. The molecule has 2 nitrogen and oxygen atoms in total. The zero-order valence-corrected chi connectivity index (χ0v) is 8.25. The van der Waals surface area contributed by atoms with E-state index in [0.29, 0.717) is 6.61 Å². The van der Waals surface area contributed by atoms with Crippen LogP contribution >= 0.6 is 0 Å². The molecule has 0 bridgehead atoms. The monoisotopic (exact) mass is 189 g/mol. The summed E-state index contributed by atoms with van der Waals surface area (Å²) in [5.74, 6) is -0.235. The lowest BCUT2D eigenvalue weighted by Crippen LogP contribution is -2.04. The molecule has 0 aromatic heterocycles. The Morgan fingerprint density at radius 1 is 1.64 bits per heavy atom. The van der Waals surface area contributed by atoms with Crippen molar-refractivity contribution < 1.29 is 9.53 Å². The molecule has 0 saturated heterocycles. The minimum absolute atomic E-state index is 0.235. The summed E-state index contributed by atoms with van der Waals surface area (Å²) in [4.78, 5) is 11.1. The number of benzene rings is 1. The van der Waals surface area contributed by atoms with Gasteiger partial charge in [0.05, 0.1) is 13.0 Å². The first kappa shape index (κ1) is 10.5. The fourth-order valence-corrected chi connectivity index (χ4v) is 1.10. The van der Waals surface area contributed by atoms with Crippen LogP contribution in [0.1, 0.15) is 18.9 Å². The van der Waals surface area contributed by atoms with Crippen molar-refractivity contribution in [3.8, 4) is 0 Å². The van der Waals surface area contributed by atoms with Crippen LogP contribution in [-0.4, -0.2) is 12.6 Å². The van der Waals surface area contributed by atoms with E-state index in [9.17, 15) is 4.79 Å². The predicted molar refractivity (Wildman–Crippen MR) is 55.6 cm³/mol. The fraction of sp³-hybridized carbons (Fsp3) is 0.250. The average molecular weight is 189 g/mol. The topological polar surface area (TPSA) is 26.3 Å². The summed E-state index contributed by atoms with van der Waals surface area (Å²) in [6.07, 6.45) is 0.242. The molecule has 0 spiro atoms. The zero-order valence-electron chi connectivity index (χ0n) is 8.25. The van der Waals surface area contributed by atoms with E-state index in [0.717, 1.165) is 11.1 Å². The number of hydrogen-bond donors (Lipinski definition) is 0. The van der Waals surface area contributed by atoms with Gasteiger partial charge >= 0.3 is 5.97 Å². The molecule has 0 atom stereocenters. The molecule has 0 amide bonds. The van der Waals surface area contributed by atoms with E-state index in [1.165, 1.54) is 0 Å². The highest BCUT2D eigenvalue weighted by molar-refractivity contribution is 5.84. The third-order valence-electron chi connectivity index (χ3n) is 1.78. The number of hydrogen-bond acceptors (Lipinski definition) is 2. The summed E-state index contributed by atoms with van der Waals surface area (Å²) in [7, 11) is 0. The Bertz CT molecular complexity index is 314. The van der Waals surface area contributed by atoms with E-state index in [1.54, 1.807) is 13.0 Å². The molecule has 14 heavy (non-hydrogen) atoms. The first-order chi connectivity index (χ1) is 6.74. The molecule has 0 fully saturated rings. The van der Waals surface area contributed by atoms with Crippen molar-refractivity contribution in [3.05, 3.63) is 42.5 Å². The lowest BCUT2D eigenvalue weighted by atomic mass is 10.1. The Morgan fingerprint density at radius 2 is 2.43 bits per heavy atom. The molecule has 0 aliphatic heterocycles. The molecule has 1 radical (unpaired) electrons. The third kappa shape index (κ3) is 3.05. The van der Waals surface area contributed by atoms with Gasteiger partial charge in [-0.3, -0.25) is 4.79 Å². The molecule has 0 heterocycles. The van der Waals surface area contributed by atoms with Gasteiger partial charge in [-0.25, -0.2) is 0 Å². The van der Waals surface area contributed by atoms with E-state index in [1.807, 2.05) is 18.2 Å². The number of rotatable bonds is 4. The predicted octanol–water partition coefficient (Wildman–Crippen LogP) is 2.45. The van der Waals surface area contributed by atoms with Crippen LogP contribution in [0.2, 0.25) is 0 Å². The Balaban J connectivity index is 2.55. The summed E-state index contributed by atoms with van der Waals surface area (Å²) < 4.78 is 4.82. The number of carbonyl (C=O) groups is 1. The molecule has 0 unspecified atom stereocenters. The van der Waals surface area contributed by atoms with Gasteiger partial charge in [0, 0.05) is 0 Å². The Morgan fingerprint density at radius 3 is 3.00 bits per heavy atom. The summed E-state index contributed by atoms with van der Waals surface area (Å²) in [5.41, 5.74) is 1.70. The first-order valence-corrected chi connectivity index (χ1v) is 4.54. The van der Waals surface area contributed by atoms with E-state index in [4.69, 9.17) is 4.74 Å². The fourth-order valence-electron chi connectivity index (χ4n) is 1.10. The highest BCUT2D eigenvalue weighted by Crippen LogP contribution is 2.15. The Hall–Kier alpha value is -1.57. The smallest absolute Gasteiger partial charge is 0.310 e. The Kier molecular flexibility index (Phi) is 3.92. The standard InChI is InChI=1S/C12H13O2/c1-3-14-12(13)9-10(2)11-7-5-4-6-8-11/h4-5,7-8H,2-3,9H2,1H3. The highest BCUT2D eigenvalue weighted by atomic mass is 16.5. The number of esters is 1. The van der Waals surface area contributed by atoms with Crippen LogP contribution in [0.5, 0.6) is 0 Å². The number of ether oxygens (including phenoxy) is 1. The summed E-state index contributed by atoms with van der Waals surface area (Å²) in [5, 5.41) is 0. The lowest BCUT2D eigenvalue weighted by molar-refractivity contribution is -0.141. The van der Waals surface area contributed by atoms with Crippen LogP contribution < -0.4 is 0 Å². The quantitative estimate of drug-likeness (QED) is 0.680. The second-order valence-electron chi connectivity index (χ2n) is 2.88. The van der Waals surface area contributed by atoms with Crippen LogP contribution in [0, 0.1) is 6.07 Å². The van der Waals surface area contributed by atoms with E-state index >= 15 is 0 Å². The largest absolute Gasteiger partial charge is 0.466 e. The maximum atomic E-state index is 11.1. The summed E-state index contributed by atoms with van der Waals surface area (Å²) in [6, 6.07) is 10.3. The van der Waals surface area contributed by atoms with Crippen molar-refractivity contribution >= 4 is 11.5 Å². The molecule has 0 saturated carbocycles. The van der Waals surface area contributed by atoms with Crippen molar-refractivity contribution in [2.24, 2.45) is 0 Å². The van der Waals surface area contributed by atoms with Crippen LogP contribution in [-0.2, 0) is 9.53 Å². The molecule has 1 aromatic carbocycles. The molecule has 0 N–H and O–H groups in total. The van der Waals surface area contributed by atoms with Crippen molar-refractivity contribution in [3.63, 3.8) is 0 Å². The second-order valence-corrected chi connectivity index (χ2v) is 2.88. The van der Waals surface area contributed by atoms with Gasteiger partial charge in [-0.05, 0) is 30.2 Å². The van der Waals surface area contributed by atoms with Gasteiger partial charge in [0.2, 0.25) is 0 Å². The van der Waals surface area contributed by atoms with E-state index in [2.05, 4.69) is 12.6 Å². The van der Waals surface area contributed by atoms with Crippen molar-refractivity contribution in [1.29, 1.82) is 0 Å². The van der Waals surface area contributed by atoms with Gasteiger partial charge in [0.1, 0.15) is 0 Å². The molecule has 73 valence electrons. The lowest BCUT2D eigenvalue weighted by Gasteiger charge is -2.04. The SMILES string of the molecule is C=C(CC(=O)OCC)c1c[c]ccc1. The van der Waals surface area contributed by atoms with Crippen LogP contribution in [0.25, 0.3) is 5.57 Å². The normalized spacial score (nSPS) is 9.50. The molecule has 2 heteroatoms. The molecule has 1 aromatic rings. The summed E-state index contributed by atoms with van der Waals surface area (Å²) in [6.45, 7) is 6.02. The highest BCUT2D eigenvalue weighted by Gasteiger charge is 2.05. The van der Waals surface area contributed by atoms with Gasteiger partial charge < -0.3 is 4.74 Å². The molecule has 1 rings (SSSR count). The van der Waals surface area contributed by atoms with Gasteiger partial charge in [-0.1, -0.05) is 24.8 Å². The van der Waals surface area contributed by atoms with E-state index < -0.39 is 0 Å². The minimum atomic E-state index is -0.235. The maximum Gasteiger partial charge on any atom is 0.310 e. The third-order valence-corrected chi connectivity index (χ3v) is 1.78. The molecule has 0 aliphatic carbocycles. The summed E-state index contributed by atoms with van der Waals surface area (Å²) >= 11 is 0. The van der Waals surface area contributed by atoms with E-state index in [-0.39, 0.29) is 12.4 Å². The average Bonchev–Trinajstić information content (AvgIpc) is 2.19. The van der Waals surface area contributed by atoms with Crippen molar-refractivity contribution in [1.82, 2.24) is 0 Å². The van der Waals surface area contributed by atoms with Crippen LogP contribution in [0.3, 0.4) is 0 Å². The van der Waals surface area contributed by atoms with Gasteiger partial charge in [0.15, 0.2) is 0 Å². The van der Waals surface area contributed by atoms with Crippen LogP contribution in [0.4, 0.5) is 0 Å². The number of carbonyl (C=O) groups excluding carboxylic acids is 1. The van der Waals surface area contributed by atoms with Gasteiger partial charge in [-0.2, -0.15) is 0 Å². The van der Waals surface area contributed by atoms with Gasteiger partial charge in [-0.15, -0.1) is 0 Å². The molecular formula is C12H13O2. The maximum absolute atomic E-state index is 11.1. The Labute approximate surface area is 84.2 Å². The second kappa shape index (κ2) is 5.22. The van der Waals surface area contributed by atoms with Crippen LogP contribution in [0.15, 0.2) is 30.8 Å². The first-order valence-electron chi connectivity index (χ1n) is 4.54. The van der Waals surface area contributed by atoms with Crippen molar-refractivity contribution in [2.45, 2.75) is 13.3 Å².